The average molecular weight is 323 g/mol. The summed E-state index contributed by atoms with van der Waals surface area (Å²) < 4.78 is 19.0. The van der Waals surface area contributed by atoms with Gasteiger partial charge in [-0.3, -0.25) is 4.57 Å². The maximum atomic E-state index is 5.91. The molecule has 0 aliphatic carbocycles. The van der Waals surface area contributed by atoms with Gasteiger partial charge in [-0.1, -0.05) is 0 Å². The first kappa shape index (κ1) is 17.6. The highest BCUT2D eigenvalue weighted by Gasteiger charge is 2.14. The molecule has 0 aliphatic heterocycles. The summed E-state index contributed by atoms with van der Waals surface area (Å²) in [5, 5.41) is 0. The summed E-state index contributed by atoms with van der Waals surface area (Å²) in [4.78, 5) is 12.3. The van der Waals surface area contributed by atoms with Gasteiger partial charge in [0, 0.05) is 0 Å². The number of ether oxygens (including phenoxy) is 3. The lowest BCUT2D eigenvalue weighted by molar-refractivity contribution is -0.0988. The van der Waals surface area contributed by atoms with Crippen molar-refractivity contribution in [3.63, 3.8) is 0 Å². The summed E-state index contributed by atoms with van der Waals surface area (Å²) in [6.45, 7) is 9.18. The zero-order chi connectivity index (χ0) is 16.8. The van der Waals surface area contributed by atoms with Gasteiger partial charge in [-0.15, -0.1) is 0 Å². The van der Waals surface area contributed by atoms with Crippen LogP contribution in [0.1, 0.15) is 27.7 Å². The van der Waals surface area contributed by atoms with E-state index in [9.17, 15) is 0 Å². The Morgan fingerprint density at radius 3 is 2.26 bits per heavy atom. The van der Waals surface area contributed by atoms with Crippen LogP contribution in [0.5, 0.6) is 0 Å². The molecule has 2 aromatic heterocycles. The van der Waals surface area contributed by atoms with Crippen LogP contribution in [0.25, 0.3) is 11.2 Å². The van der Waals surface area contributed by atoms with Crippen molar-refractivity contribution in [2.24, 2.45) is 0 Å². The fraction of sp³-hybridized carbons (Fsp3) is 0.667. The zero-order valence-electron chi connectivity index (χ0n) is 14.1. The van der Waals surface area contributed by atoms with Crippen LogP contribution in [0.3, 0.4) is 0 Å². The Balaban J connectivity index is 1.99. The maximum Gasteiger partial charge on any atom is 0.167 e. The lowest BCUT2D eigenvalue weighted by Crippen LogP contribution is -2.29. The van der Waals surface area contributed by atoms with Gasteiger partial charge in [0.05, 0.1) is 31.7 Å². The molecule has 2 N–H and O–H groups in total. The van der Waals surface area contributed by atoms with E-state index in [1.165, 1.54) is 6.33 Å². The number of imidazole rings is 1. The molecule has 0 saturated heterocycles. The first-order valence-electron chi connectivity index (χ1n) is 7.73. The van der Waals surface area contributed by atoms with Crippen molar-refractivity contribution in [3.8, 4) is 0 Å². The molecular formula is C15H25N5O3. The molecule has 2 aromatic rings. The molecule has 2 rings (SSSR count). The van der Waals surface area contributed by atoms with E-state index in [-0.39, 0.29) is 18.3 Å². The van der Waals surface area contributed by atoms with Crippen molar-refractivity contribution in [2.45, 2.75) is 52.7 Å². The molecule has 8 nitrogen and oxygen atoms in total. The lowest BCUT2D eigenvalue weighted by atomic mass is 10.3. The van der Waals surface area contributed by atoms with Gasteiger partial charge in [0.2, 0.25) is 0 Å². The number of nitrogens with two attached hydrogens (primary N) is 1. The van der Waals surface area contributed by atoms with Crippen molar-refractivity contribution >= 4 is 17.0 Å². The van der Waals surface area contributed by atoms with Crippen molar-refractivity contribution in [1.82, 2.24) is 19.5 Å². The van der Waals surface area contributed by atoms with Crippen LogP contribution in [0, 0.1) is 0 Å². The van der Waals surface area contributed by atoms with Gasteiger partial charge in [-0.2, -0.15) is 0 Å². The number of nitrogen functional groups attached to an aromatic ring is 1. The Hall–Kier alpha value is -1.77. The Kier molecular flexibility index (Phi) is 6.26. The third-order valence-corrected chi connectivity index (χ3v) is 3.11. The van der Waals surface area contributed by atoms with Crippen LogP contribution in [-0.4, -0.2) is 51.0 Å². The van der Waals surface area contributed by atoms with Gasteiger partial charge in [-0.25, -0.2) is 15.0 Å². The SMILES string of the molecule is CC(C)OCC(COC(C)C)OCn1cnc2c(N)ncnc21. The van der Waals surface area contributed by atoms with E-state index in [1.807, 2.05) is 27.7 Å². The summed E-state index contributed by atoms with van der Waals surface area (Å²) in [6.07, 6.45) is 3.16. The molecule has 0 aliphatic rings. The van der Waals surface area contributed by atoms with Crippen LogP contribution in [-0.2, 0) is 20.9 Å². The second-order valence-electron chi connectivity index (χ2n) is 5.83. The van der Waals surface area contributed by atoms with Crippen LogP contribution in [0.4, 0.5) is 5.82 Å². The van der Waals surface area contributed by atoms with Gasteiger partial charge in [0.25, 0.3) is 0 Å². The number of nitrogens with zero attached hydrogens (tertiary/aromatic N) is 4. The van der Waals surface area contributed by atoms with E-state index in [1.54, 1.807) is 10.9 Å². The van der Waals surface area contributed by atoms with Crippen molar-refractivity contribution in [2.75, 3.05) is 18.9 Å². The summed E-state index contributed by atoms with van der Waals surface area (Å²) in [6, 6.07) is 0. The molecule has 8 heteroatoms. The molecule has 0 aromatic carbocycles. The van der Waals surface area contributed by atoms with Gasteiger partial charge in [0.1, 0.15) is 24.7 Å². The van der Waals surface area contributed by atoms with Crippen LogP contribution >= 0.6 is 0 Å². The van der Waals surface area contributed by atoms with E-state index < -0.39 is 0 Å². The first-order chi connectivity index (χ1) is 11.0. The molecule has 0 bridgehead atoms. The Bertz CT molecular complexity index is 602. The second kappa shape index (κ2) is 8.19. The number of aromatic nitrogens is 4. The van der Waals surface area contributed by atoms with Crippen LogP contribution in [0.15, 0.2) is 12.7 Å². The summed E-state index contributed by atoms with van der Waals surface area (Å²) in [5.74, 6) is 0.358. The van der Waals surface area contributed by atoms with E-state index in [0.29, 0.717) is 36.9 Å². The van der Waals surface area contributed by atoms with Crippen LogP contribution < -0.4 is 5.73 Å². The molecule has 2 heterocycles. The maximum absolute atomic E-state index is 5.91. The normalized spacial score (nSPS) is 12.1. The van der Waals surface area contributed by atoms with Gasteiger partial charge in [0.15, 0.2) is 11.5 Å². The van der Waals surface area contributed by atoms with E-state index in [4.69, 9.17) is 19.9 Å². The highest BCUT2D eigenvalue weighted by atomic mass is 16.6. The molecule has 0 radical (unpaired) electrons. The Morgan fingerprint density at radius 2 is 1.65 bits per heavy atom. The average Bonchev–Trinajstić information content (AvgIpc) is 2.90. The molecule has 0 amide bonds. The highest BCUT2D eigenvalue weighted by molar-refractivity contribution is 5.80. The predicted octanol–water partition coefficient (Wildman–Crippen LogP) is 1.60. The van der Waals surface area contributed by atoms with Crippen molar-refractivity contribution in [1.29, 1.82) is 0 Å². The second-order valence-corrected chi connectivity index (χ2v) is 5.83. The number of anilines is 1. The van der Waals surface area contributed by atoms with Crippen molar-refractivity contribution in [3.05, 3.63) is 12.7 Å². The largest absolute Gasteiger partial charge is 0.382 e. The van der Waals surface area contributed by atoms with Gasteiger partial charge >= 0.3 is 0 Å². The van der Waals surface area contributed by atoms with E-state index in [2.05, 4.69) is 15.0 Å². The quantitative estimate of drug-likeness (QED) is 0.748. The number of hydrogen-bond donors (Lipinski definition) is 1. The topological polar surface area (TPSA) is 97.3 Å². The summed E-state index contributed by atoms with van der Waals surface area (Å²) in [5.41, 5.74) is 7.00. The number of fused-ring (bicyclic) bond motifs is 1. The Labute approximate surface area is 136 Å². The lowest BCUT2D eigenvalue weighted by Gasteiger charge is -2.21. The minimum atomic E-state index is -0.170. The molecule has 0 atom stereocenters. The minimum Gasteiger partial charge on any atom is -0.382 e. The molecule has 0 saturated carbocycles. The van der Waals surface area contributed by atoms with Gasteiger partial charge < -0.3 is 19.9 Å². The molecule has 128 valence electrons. The highest BCUT2D eigenvalue weighted by Crippen LogP contribution is 2.14. The fourth-order valence-corrected chi connectivity index (χ4v) is 1.92. The molecule has 0 fully saturated rings. The van der Waals surface area contributed by atoms with Gasteiger partial charge in [-0.05, 0) is 27.7 Å². The molecule has 23 heavy (non-hydrogen) atoms. The monoisotopic (exact) mass is 323 g/mol. The molecule has 0 unspecified atom stereocenters. The van der Waals surface area contributed by atoms with E-state index >= 15 is 0 Å². The summed E-state index contributed by atoms with van der Waals surface area (Å²) >= 11 is 0. The smallest absolute Gasteiger partial charge is 0.167 e. The zero-order valence-corrected chi connectivity index (χ0v) is 14.1. The predicted molar refractivity (Wildman–Crippen MR) is 86.8 cm³/mol. The van der Waals surface area contributed by atoms with E-state index in [0.717, 1.165) is 0 Å². The minimum absolute atomic E-state index is 0.141. The number of rotatable bonds is 9. The fourth-order valence-electron chi connectivity index (χ4n) is 1.92. The first-order valence-corrected chi connectivity index (χ1v) is 7.73. The summed E-state index contributed by atoms with van der Waals surface area (Å²) in [7, 11) is 0. The third-order valence-electron chi connectivity index (χ3n) is 3.11. The molecule has 0 spiro atoms. The van der Waals surface area contributed by atoms with Crippen LogP contribution in [0.2, 0.25) is 0 Å². The third kappa shape index (κ3) is 5.12. The van der Waals surface area contributed by atoms with Crippen molar-refractivity contribution < 1.29 is 14.2 Å². The number of hydrogen-bond acceptors (Lipinski definition) is 7. The standard InChI is InChI=1S/C15H25N5O3/c1-10(2)21-5-12(6-22-11(3)4)23-9-20-8-19-13-14(16)17-7-18-15(13)20/h7-8,10-12H,5-6,9H2,1-4H3,(H2,16,17,18). The Morgan fingerprint density at radius 1 is 1.00 bits per heavy atom. The molecular weight excluding hydrogens is 298 g/mol.